The summed E-state index contributed by atoms with van der Waals surface area (Å²) in [5, 5.41) is 6.87. The molecule has 0 radical (unpaired) electrons. The molecule has 8 heteroatoms. The molecular weight excluding hydrogens is 404 g/mol. The zero-order valence-corrected chi connectivity index (χ0v) is 18.5. The lowest BCUT2D eigenvalue weighted by Gasteiger charge is -2.35. The smallest absolute Gasteiger partial charge is 0.263 e. The van der Waals surface area contributed by atoms with E-state index in [0.717, 1.165) is 16.3 Å². The number of piperazine rings is 1. The number of nitrogens with zero attached hydrogens (tertiary/aromatic N) is 5. The van der Waals surface area contributed by atoms with Gasteiger partial charge in [-0.2, -0.15) is 10.1 Å². The fourth-order valence-corrected chi connectivity index (χ4v) is 4.25. The third kappa shape index (κ3) is 3.41. The Bertz CT molecular complexity index is 1370. The Labute approximate surface area is 185 Å². The molecule has 1 aliphatic rings. The molecule has 1 N–H and O–H groups in total. The Morgan fingerprint density at radius 3 is 2.44 bits per heavy atom. The van der Waals surface area contributed by atoms with E-state index in [2.05, 4.69) is 10.1 Å². The molecule has 164 valence electrons. The van der Waals surface area contributed by atoms with Crippen molar-refractivity contribution in [2.45, 2.75) is 26.3 Å². The van der Waals surface area contributed by atoms with E-state index in [1.807, 2.05) is 73.0 Å². The number of benzene rings is 2. The van der Waals surface area contributed by atoms with Gasteiger partial charge in [0.25, 0.3) is 11.5 Å². The van der Waals surface area contributed by atoms with Crippen LogP contribution in [0.4, 0.5) is 5.95 Å². The summed E-state index contributed by atoms with van der Waals surface area (Å²) in [5.41, 5.74) is 0.808. The second kappa shape index (κ2) is 7.47. The van der Waals surface area contributed by atoms with Crippen LogP contribution in [0.15, 0.2) is 53.5 Å². The summed E-state index contributed by atoms with van der Waals surface area (Å²) in [6.45, 7) is 8.38. The molecule has 0 unspecified atom stereocenters. The van der Waals surface area contributed by atoms with Gasteiger partial charge in [-0.3, -0.25) is 14.6 Å². The van der Waals surface area contributed by atoms with Crippen molar-refractivity contribution in [1.82, 2.24) is 24.6 Å². The van der Waals surface area contributed by atoms with Gasteiger partial charge in [-0.1, -0.05) is 36.4 Å². The minimum atomic E-state index is -0.288. The molecule has 0 saturated carbocycles. The standard InChI is InChI=1S/C24H26N6O2/c1-24(2,3)30-20-19(15-25-30)21(31)27-23(26-20)29-13-11-28(12-14-29)22(32)18-10-6-8-16-7-4-5-9-17(16)18/h4-10,15H,11-14H2,1-3H3,(H,26,27,31). The number of H-pyrrole nitrogens is 1. The quantitative estimate of drug-likeness (QED) is 0.528. The van der Waals surface area contributed by atoms with Crippen LogP contribution in [0.3, 0.4) is 0 Å². The predicted molar refractivity (Wildman–Crippen MR) is 125 cm³/mol. The molecule has 0 bridgehead atoms. The molecule has 0 aliphatic carbocycles. The van der Waals surface area contributed by atoms with Crippen LogP contribution >= 0.6 is 0 Å². The maximum atomic E-state index is 13.2. The van der Waals surface area contributed by atoms with Gasteiger partial charge >= 0.3 is 0 Å². The number of rotatable bonds is 2. The SMILES string of the molecule is CC(C)(C)n1ncc2c(=O)[nH]c(N3CCN(C(=O)c4cccc5ccccc45)CC3)nc21. The van der Waals surface area contributed by atoms with Gasteiger partial charge in [-0.15, -0.1) is 0 Å². The number of fused-ring (bicyclic) bond motifs is 2. The van der Waals surface area contributed by atoms with E-state index in [4.69, 9.17) is 4.98 Å². The second-order valence-electron chi connectivity index (χ2n) is 9.16. The van der Waals surface area contributed by atoms with Crippen molar-refractivity contribution in [3.05, 3.63) is 64.6 Å². The molecule has 2 aromatic heterocycles. The average Bonchev–Trinajstić information content (AvgIpc) is 3.24. The molecule has 8 nitrogen and oxygen atoms in total. The highest BCUT2D eigenvalue weighted by Crippen LogP contribution is 2.23. The van der Waals surface area contributed by atoms with Gasteiger partial charge < -0.3 is 9.80 Å². The van der Waals surface area contributed by atoms with Crippen molar-refractivity contribution in [3.63, 3.8) is 0 Å². The first-order valence-electron chi connectivity index (χ1n) is 10.8. The molecule has 3 heterocycles. The maximum absolute atomic E-state index is 13.2. The maximum Gasteiger partial charge on any atom is 0.263 e. The molecule has 1 amide bonds. The van der Waals surface area contributed by atoms with Crippen molar-refractivity contribution >= 4 is 33.7 Å². The van der Waals surface area contributed by atoms with Gasteiger partial charge in [0.1, 0.15) is 5.39 Å². The van der Waals surface area contributed by atoms with Crippen molar-refractivity contribution in [3.8, 4) is 0 Å². The highest BCUT2D eigenvalue weighted by molar-refractivity contribution is 6.07. The summed E-state index contributed by atoms with van der Waals surface area (Å²) in [5.74, 6) is 0.551. The Kier molecular flexibility index (Phi) is 4.73. The summed E-state index contributed by atoms with van der Waals surface area (Å²) in [6, 6.07) is 13.8. The first kappa shape index (κ1) is 20.2. The van der Waals surface area contributed by atoms with Gasteiger partial charge in [0.15, 0.2) is 5.65 Å². The lowest BCUT2D eigenvalue weighted by Crippen LogP contribution is -2.49. The van der Waals surface area contributed by atoms with Crippen LogP contribution in [0.5, 0.6) is 0 Å². The van der Waals surface area contributed by atoms with Crippen LogP contribution < -0.4 is 10.5 Å². The second-order valence-corrected chi connectivity index (χ2v) is 9.16. The van der Waals surface area contributed by atoms with E-state index >= 15 is 0 Å². The van der Waals surface area contributed by atoms with Crippen molar-refractivity contribution in [2.24, 2.45) is 0 Å². The molecule has 32 heavy (non-hydrogen) atoms. The number of carbonyl (C=O) groups is 1. The number of hydrogen-bond acceptors (Lipinski definition) is 5. The average molecular weight is 431 g/mol. The van der Waals surface area contributed by atoms with Crippen LogP contribution in [0.1, 0.15) is 31.1 Å². The zero-order chi connectivity index (χ0) is 22.5. The molecule has 0 atom stereocenters. The number of amides is 1. The first-order valence-corrected chi connectivity index (χ1v) is 10.8. The Balaban J connectivity index is 1.38. The molecule has 4 aromatic rings. The molecule has 1 aliphatic heterocycles. The Morgan fingerprint density at radius 2 is 1.69 bits per heavy atom. The fourth-order valence-electron chi connectivity index (χ4n) is 4.25. The van der Waals surface area contributed by atoms with Crippen molar-refractivity contribution in [1.29, 1.82) is 0 Å². The van der Waals surface area contributed by atoms with Gasteiger partial charge in [0.05, 0.1) is 11.7 Å². The summed E-state index contributed by atoms with van der Waals surface area (Å²) in [6.07, 6.45) is 1.57. The van der Waals surface area contributed by atoms with E-state index < -0.39 is 0 Å². The Hall–Kier alpha value is -3.68. The Morgan fingerprint density at radius 1 is 0.969 bits per heavy atom. The number of carbonyl (C=O) groups excluding carboxylic acids is 1. The molecular formula is C24H26N6O2. The summed E-state index contributed by atoms with van der Waals surface area (Å²) in [4.78, 5) is 37.4. The van der Waals surface area contributed by atoms with Crippen molar-refractivity contribution in [2.75, 3.05) is 31.1 Å². The van der Waals surface area contributed by atoms with E-state index in [1.165, 1.54) is 0 Å². The zero-order valence-electron chi connectivity index (χ0n) is 18.5. The van der Waals surface area contributed by atoms with Crippen LogP contribution in [0, 0.1) is 0 Å². The van der Waals surface area contributed by atoms with Crippen LogP contribution in [-0.4, -0.2) is 56.7 Å². The van der Waals surface area contributed by atoms with Gasteiger partial charge in [-0.25, -0.2) is 4.68 Å². The fraction of sp³-hybridized carbons (Fsp3) is 0.333. The lowest BCUT2D eigenvalue weighted by atomic mass is 10.0. The topological polar surface area (TPSA) is 87.1 Å². The minimum Gasteiger partial charge on any atom is -0.339 e. The van der Waals surface area contributed by atoms with Gasteiger partial charge in [0.2, 0.25) is 5.95 Å². The minimum absolute atomic E-state index is 0.0316. The van der Waals surface area contributed by atoms with Crippen LogP contribution in [0.2, 0.25) is 0 Å². The number of aromatic amines is 1. The third-order valence-electron chi connectivity index (χ3n) is 5.95. The van der Waals surface area contributed by atoms with E-state index in [0.29, 0.717) is 43.2 Å². The number of nitrogens with one attached hydrogen (secondary N) is 1. The largest absolute Gasteiger partial charge is 0.339 e. The lowest BCUT2D eigenvalue weighted by molar-refractivity contribution is 0.0748. The highest BCUT2D eigenvalue weighted by Gasteiger charge is 2.26. The first-order chi connectivity index (χ1) is 15.3. The summed E-state index contributed by atoms with van der Waals surface area (Å²) < 4.78 is 1.78. The molecule has 5 rings (SSSR count). The molecule has 1 saturated heterocycles. The normalized spacial score (nSPS) is 15.0. The van der Waals surface area contributed by atoms with Crippen LogP contribution in [0.25, 0.3) is 21.8 Å². The van der Waals surface area contributed by atoms with Gasteiger partial charge in [0, 0.05) is 31.7 Å². The monoisotopic (exact) mass is 430 g/mol. The highest BCUT2D eigenvalue weighted by atomic mass is 16.2. The summed E-state index contributed by atoms with van der Waals surface area (Å²) >= 11 is 0. The number of aromatic nitrogens is 4. The molecule has 2 aromatic carbocycles. The predicted octanol–water partition coefficient (Wildman–Crippen LogP) is 2.99. The third-order valence-corrected chi connectivity index (χ3v) is 5.95. The summed E-state index contributed by atoms with van der Waals surface area (Å²) in [7, 11) is 0. The van der Waals surface area contributed by atoms with E-state index in [-0.39, 0.29) is 17.0 Å². The molecule has 1 fully saturated rings. The molecule has 0 spiro atoms. The van der Waals surface area contributed by atoms with E-state index in [9.17, 15) is 9.59 Å². The van der Waals surface area contributed by atoms with Crippen LogP contribution in [-0.2, 0) is 5.54 Å². The van der Waals surface area contributed by atoms with E-state index in [1.54, 1.807) is 10.9 Å². The van der Waals surface area contributed by atoms with Gasteiger partial charge in [-0.05, 0) is 37.6 Å². The number of hydrogen-bond donors (Lipinski definition) is 1. The number of anilines is 1. The van der Waals surface area contributed by atoms with Crippen molar-refractivity contribution < 1.29 is 4.79 Å².